The summed E-state index contributed by atoms with van der Waals surface area (Å²) >= 11 is 0. The Bertz CT molecular complexity index is 2670. The summed E-state index contributed by atoms with van der Waals surface area (Å²) < 4.78 is 22.1. The van der Waals surface area contributed by atoms with Gasteiger partial charge in [0.1, 0.15) is 17.8 Å². The van der Waals surface area contributed by atoms with E-state index in [0.29, 0.717) is 30.9 Å². The standard InChI is InChI=1S/C53H52N2O6/c1-3-51(57)61-33-11-7-6-10-32-60-44-25-18-38(19-26-44)12-14-40-20-27-45-46-28-21-41(15-13-39-16-23-43(24-17-39)59-31-9-5-4-8-30-58-2)35-48(46)53-52(47(45)34-40)54-49-29-22-42(37-56)36-50(49)55-53/h3,12-29,34-37H,1,4-11,30-33H2,2H3/b14-12+,15-13+. The molecule has 1 aromatic heterocycles. The van der Waals surface area contributed by atoms with E-state index in [-0.39, 0.29) is 5.97 Å². The Labute approximate surface area is 357 Å². The molecule has 0 unspecified atom stereocenters. The summed E-state index contributed by atoms with van der Waals surface area (Å²) in [5.74, 6) is 1.34. The van der Waals surface area contributed by atoms with Crippen LogP contribution in [0.1, 0.15) is 84.0 Å². The molecule has 0 amide bonds. The van der Waals surface area contributed by atoms with Gasteiger partial charge >= 0.3 is 5.97 Å². The fraction of sp³-hybridized carbons (Fsp3) is 0.245. The number of fused-ring (bicyclic) bond motifs is 7. The molecular formula is C53H52N2O6. The zero-order chi connectivity index (χ0) is 42.2. The maximum absolute atomic E-state index is 11.7. The fourth-order valence-corrected chi connectivity index (χ4v) is 7.32. The van der Waals surface area contributed by atoms with Crippen molar-refractivity contribution < 1.29 is 28.5 Å². The molecule has 7 aromatic rings. The average Bonchev–Trinajstić information content (AvgIpc) is 3.30. The normalized spacial score (nSPS) is 11.6. The molecule has 0 aliphatic heterocycles. The lowest BCUT2D eigenvalue weighted by Gasteiger charge is -2.12. The summed E-state index contributed by atoms with van der Waals surface area (Å²) in [5.41, 5.74) is 7.81. The molecule has 1 heterocycles. The van der Waals surface area contributed by atoms with Crippen LogP contribution < -0.4 is 9.47 Å². The Kier molecular flexibility index (Phi) is 15.0. The molecule has 0 bridgehead atoms. The molecule has 61 heavy (non-hydrogen) atoms. The highest BCUT2D eigenvalue weighted by molar-refractivity contribution is 6.24. The minimum absolute atomic E-state index is 0.374. The molecule has 0 saturated carbocycles. The van der Waals surface area contributed by atoms with Gasteiger partial charge in [-0.25, -0.2) is 14.8 Å². The van der Waals surface area contributed by atoms with Crippen LogP contribution in [-0.4, -0.2) is 55.8 Å². The van der Waals surface area contributed by atoms with Crippen molar-refractivity contribution >= 4 is 80.2 Å². The summed E-state index contributed by atoms with van der Waals surface area (Å²) in [4.78, 5) is 33.1. The molecule has 310 valence electrons. The lowest BCUT2D eigenvalue weighted by molar-refractivity contribution is -0.137. The second kappa shape index (κ2) is 21.6. The van der Waals surface area contributed by atoms with Gasteiger partial charge in [-0.05, 0) is 133 Å². The monoisotopic (exact) mass is 812 g/mol. The van der Waals surface area contributed by atoms with E-state index in [1.165, 1.54) is 6.08 Å². The van der Waals surface area contributed by atoms with E-state index in [1.54, 1.807) is 19.2 Å². The largest absolute Gasteiger partial charge is 0.494 e. The zero-order valence-corrected chi connectivity index (χ0v) is 34.8. The van der Waals surface area contributed by atoms with Gasteiger partial charge in [-0.3, -0.25) is 4.79 Å². The number of carbonyl (C=O) groups is 2. The highest BCUT2D eigenvalue weighted by Crippen LogP contribution is 2.36. The van der Waals surface area contributed by atoms with E-state index < -0.39 is 0 Å². The Hall–Kier alpha value is -6.64. The van der Waals surface area contributed by atoms with Crippen molar-refractivity contribution in [2.24, 2.45) is 0 Å². The molecule has 0 radical (unpaired) electrons. The van der Waals surface area contributed by atoms with Gasteiger partial charge in [0.2, 0.25) is 0 Å². The first kappa shape index (κ1) is 42.5. The van der Waals surface area contributed by atoms with E-state index >= 15 is 0 Å². The van der Waals surface area contributed by atoms with E-state index in [4.69, 9.17) is 28.9 Å². The lowest BCUT2D eigenvalue weighted by atomic mass is 9.96. The first-order valence-electron chi connectivity index (χ1n) is 21.2. The molecule has 8 nitrogen and oxygen atoms in total. The number of hydrogen-bond donors (Lipinski definition) is 0. The van der Waals surface area contributed by atoms with Crippen LogP contribution in [0.15, 0.2) is 116 Å². The maximum atomic E-state index is 11.7. The average molecular weight is 813 g/mol. The number of ether oxygens (including phenoxy) is 4. The Balaban J connectivity index is 1.07. The van der Waals surface area contributed by atoms with Crippen LogP contribution in [0.25, 0.3) is 67.9 Å². The number of aromatic nitrogens is 2. The molecule has 0 N–H and O–H groups in total. The van der Waals surface area contributed by atoms with Gasteiger partial charge in [0.05, 0.1) is 41.9 Å². The second-order valence-corrected chi connectivity index (χ2v) is 15.1. The third-order valence-electron chi connectivity index (χ3n) is 10.6. The van der Waals surface area contributed by atoms with Crippen molar-refractivity contribution in [3.05, 3.63) is 144 Å². The van der Waals surface area contributed by atoms with E-state index in [2.05, 4.69) is 91.5 Å². The highest BCUT2D eigenvalue weighted by Gasteiger charge is 2.14. The zero-order valence-electron chi connectivity index (χ0n) is 34.8. The number of methoxy groups -OCH3 is 1. The predicted molar refractivity (Wildman–Crippen MR) is 249 cm³/mol. The molecule has 8 heteroatoms. The summed E-state index contributed by atoms with van der Waals surface area (Å²) in [6.07, 6.45) is 18.6. The quantitative estimate of drug-likeness (QED) is 0.0127. The number of hydrogen-bond acceptors (Lipinski definition) is 8. The van der Waals surface area contributed by atoms with E-state index in [0.717, 1.165) is 136 Å². The maximum Gasteiger partial charge on any atom is 0.330 e. The lowest BCUT2D eigenvalue weighted by Crippen LogP contribution is -2.02. The van der Waals surface area contributed by atoms with Gasteiger partial charge in [-0.15, -0.1) is 0 Å². The van der Waals surface area contributed by atoms with Crippen molar-refractivity contribution in [1.29, 1.82) is 0 Å². The molecule has 0 fully saturated rings. The number of unbranched alkanes of at least 4 members (excludes halogenated alkanes) is 6. The van der Waals surface area contributed by atoms with E-state index in [9.17, 15) is 9.59 Å². The molecular weight excluding hydrogens is 761 g/mol. The Morgan fingerprint density at radius 1 is 0.508 bits per heavy atom. The predicted octanol–water partition coefficient (Wildman–Crippen LogP) is 12.5. The van der Waals surface area contributed by atoms with Gasteiger partial charge in [0.25, 0.3) is 0 Å². The Morgan fingerprint density at radius 3 is 1.48 bits per heavy atom. The molecule has 0 aliphatic carbocycles. The van der Waals surface area contributed by atoms with Crippen LogP contribution >= 0.6 is 0 Å². The first-order chi connectivity index (χ1) is 30.0. The number of aldehydes is 1. The van der Waals surface area contributed by atoms with Crippen LogP contribution in [-0.2, 0) is 14.3 Å². The number of esters is 1. The van der Waals surface area contributed by atoms with Crippen LogP contribution in [0.5, 0.6) is 11.5 Å². The first-order valence-corrected chi connectivity index (χ1v) is 21.2. The molecule has 0 aliphatic rings. The minimum Gasteiger partial charge on any atom is -0.494 e. The summed E-state index contributed by atoms with van der Waals surface area (Å²) in [7, 11) is 1.74. The van der Waals surface area contributed by atoms with Crippen LogP contribution in [0.4, 0.5) is 0 Å². The summed E-state index contributed by atoms with van der Waals surface area (Å²) in [6.45, 7) is 6.00. The van der Waals surface area contributed by atoms with Crippen molar-refractivity contribution in [2.75, 3.05) is 33.5 Å². The number of nitrogens with zero attached hydrogens (tertiary/aromatic N) is 2. The van der Waals surface area contributed by atoms with Crippen molar-refractivity contribution in [1.82, 2.24) is 9.97 Å². The Morgan fingerprint density at radius 2 is 0.967 bits per heavy atom. The van der Waals surface area contributed by atoms with Crippen molar-refractivity contribution in [3.63, 3.8) is 0 Å². The fourth-order valence-electron chi connectivity index (χ4n) is 7.32. The number of carbonyl (C=O) groups excluding carboxylic acids is 2. The smallest absolute Gasteiger partial charge is 0.330 e. The number of rotatable bonds is 22. The van der Waals surface area contributed by atoms with Crippen molar-refractivity contribution in [3.8, 4) is 11.5 Å². The van der Waals surface area contributed by atoms with Crippen LogP contribution in [0, 0.1) is 0 Å². The highest BCUT2D eigenvalue weighted by atomic mass is 16.5. The minimum atomic E-state index is -0.374. The van der Waals surface area contributed by atoms with Gasteiger partial charge in [0.15, 0.2) is 0 Å². The SMILES string of the molecule is C=CC(=O)OCCCCCCOc1ccc(/C=C/c2ccc3c4ccc(/C=C/c5ccc(OCCCCCCOC)cc5)cc4c4nc5cc(C=O)ccc5nc4c3c2)cc1. The summed E-state index contributed by atoms with van der Waals surface area (Å²) in [5, 5.41) is 4.19. The van der Waals surface area contributed by atoms with Crippen LogP contribution in [0.2, 0.25) is 0 Å². The molecule has 6 aromatic carbocycles. The third-order valence-corrected chi connectivity index (χ3v) is 10.6. The van der Waals surface area contributed by atoms with Gasteiger partial charge in [0, 0.05) is 36.1 Å². The molecule has 7 rings (SSSR count). The van der Waals surface area contributed by atoms with Gasteiger partial charge in [-0.2, -0.15) is 0 Å². The van der Waals surface area contributed by atoms with Gasteiger partial charge in [-0.1, -0.05) is 85.8 Å². The second-order valence-electron chi connectivity index (χ2n) is 15.1. The molecule has 0 atom stereocenters. The summed E-state index contributed by atoms with van der Waals surface area (Å²) in [6, 6.07) is 34.7. The van der Waals surface area contributed by atoms with E-state index in [1.807, 2.05) is 30.3 Å². The third kappa shape index (κ3) is 11.6. The van der Waals surface area contributed by atoms with Crippen LogP contribution in [0.3, 0.4) is 0 Å². The molecule has 0 saturated heterocycles. The topological polar surface area (TPSA) is 96.8 Å². The number of benzene rings is 6. The van der Waals surface area contributed by atoms with Gasteiger partial charge < -0.3 is 18.9 Å². The van der Waals surface area contributed by atoms with Crippen molar-refractivity contribution in [2.45, 2.75) is 51.4 Å². The molecule has 0 spiro atoms.